The van der Waals surface area contributed by atoms with Crippen molar-refractivity contribution >= 4 is 15.9 Å². The Bertz CT molecular complexity index is 848. The molecule has 0 fully saturated rings. The maximum absolute atomic E-state index is 12.2. The van der Waals surface area contributed by atoms with E-state index in [0.29, 0.717) is 12.8 Å². The van der Waals surface area contributed by atoms with E-state index >= 15 is 0 Å². The number of hydrogen-bond acceptors (Lipinski definition) is 4. The van der Waals surface area contributed by atoms with E-state index in [2.05, 4.69) is 10.0 Å². The summed E-state index contributed by atoms with van der Waals surface area (Å²) in [7, 11) is -0.467. The van der Waals surface area contributed by atoms with Crippen LogP contribution < -0.4 is 14.8 Å². The van der Waals surface area contributed by atoms with Gasteiger partial charge in [0.1, 0.15) is 5.75 Å². The van der Waals surface area contributed by atoms with Crippen molar-refractivity contribution in [3.05, 3.63) is 59.7 Å². The zero-order valence-electron chi connectivity index (χ0n) is 15.2. The van der Waals surface area contributed by atoms with Crippen LogP contribution in [0.25, 0.3) is 0 Å². The number of nitrogens with one attached hydrogen (secondary N) is 2. The molecule has 6 nitrogen and oxygen atoms in total. The number of amides is 1. The van der Waals surface area contributed by atoms with E-state index < -0.39 is 10.0 Å². The molecule has 0 aliphatic heterocycles. The largest absolute Gasteiger partial charge is 0.496 e. The number of benzene rings is 2. The highest BCUT2D eigenvalue weighted by Crippen LogP contribution is 2.24. The van der Waals surface area contributed by atoms with Gasteiger partial charge in [-0.3, -0.25) is 4.79 Å². The molecule has 2 rings (SSSR count). The number of carbonyl (C=O) groups excluding carboxylic acids is 1. The molecule has 7 heteroatoms. The molecular formula is C19H24N2O4S. The summed E-state index contributed by atoms with van der Waals surface area (Å²) in [6.07, 6.45) is 0.849. The van der Waals surface area contributed by atoms with E-state index in [9.17, 15) is 13.2 Å². The van der Waals surface area contributed by atoms with Gasteiger partial charge >= 0.3 is 0 Å². The Hall–Kier alpha value is -2.38. The van der Waals surface area contributed by atoms with Crippen molar-refractivity contribution in [1.82, 2.24) is 10.0 Å². The second-order valence-electron chi connectivity index (χ2n) is 5.88. The molecule has 0 aliphatic carbocycles. The Morgan fingerprint density at radius 2 is 1.77 bits per heavy atom. The molecule has 2 aromatic rings. The standard InChI is InChI=1S/C19H24N2O4S/c1-14(17-6-4-5-7-18(17)25-3)21-19(22)13-10-15-8-11-16(12-9-15)26(23,24)20-2/h4-9,11-12,14,20H,10,13H2,1-3H3,(H,21,22). The maximum Gasteiger partial charge on any atom is 0.240 e. The number of carbonyl (C=O) groups is 1. The van der Waals surface area contributed by atoms with E-state index in [1.807, 2.05) is 31.2 Å². The Labute approximate surface area is 154 Å². The smallest absolute Gasteiger partial charge is 0.240 e. The van der Waals surface area contributed by atoms with Gasteiger partial charge in [0.15, 0.2) is 0 Å². The van der Waals surface area contributed by atoms with Crippen LogP contribution in [0.4, 0.5) is 0 Å². The summed E-state index contributed by atoms with van der Waals surface area (Å²) in [4.78, 5) is 12.4. The number of hydrogen-bond donors (Lipinski definition) is 2. The van der Waals surface area contributed by atoms with Gasteiger partial charge in [-0.2, -0.15) is 0 Å². The average Bonchev–Trinajstić information content (AvgIpc) is 2.66. The van der Waals surface area contributed by atoms with E-state index in [1.54, 1.807) is 19.2 Å². The first kappa shape index (κ1) is 19.9. The normalized spacial score (nSPS) is 12.4. The van der Waals surface area contributed by atoms with Gasteiger partial charge in [0, 0.05) is 12.0 Å². The zero-order valence-corrected chi connectivity index (χ0v) is 16.0. The lowest BCUT2D eigenvalue weighted by Crippen LogP contribution is -2.27. The van der Waals surface area contributed by atoms with Crippen molar-refractivity contribution in [2.75, 3.05) is 14.2 Å². The number of aryl methyl sites for hydroxylation is 1. The molecule has 0 bridgehead atoms. The van der Waals surface area contributed by atoms with Crippen molar-refractivity contribution < 1.29 is 17.9 Å². The van der Waals surface area contributed by atoms with Crippen LogP contribution in [-0.2, 0) is 21.2 Å². The second kappa shape index (κ2) is 8.82. The second-order valence-corrected chi connectivity index (χ2v) is 7.77. The van der Waals surface area contributed by atoms with Gasteiger partial charge < -0.3 is 10.1 Å². The SMILES string of the molecule is CNS(=O)(=O)c1ccc(CCC(=O)NC(C)c2ccccc2OC)cc1. The summed E-state index contributed by atoms with van der Waals surface area (Å²) in [5.74, 6) is 0.664. The number of ether oxygens (including phenoxy) is 1. The van der Waals surface area contributed by atoms with Gasteiger partial charge in [-0.15, -0.1) is 0 Å². The molecule has 140 valence electrons. The molecule has 0 saturated heterocycles. The van der Waals surface area contributed by atoms with Crippen LogP contribution in [-0.4, -0.2) is 28.5 Å². The third-order valence-electron chi connectivity index (χ3n) is 4.13. The lowest BCUT2D eigenvalue weighted by Gasteiger charge is -2.17. The molecule has 0 radical (unpaired) electrons. The summed E-state index contributed by atoms with van der Waals surface area (Å²) in [6.45, 7) is 1.91. The third kappa shape index (κ3) is 5.06. The van der Waals surface area contributed by atoms with Gasteiger partial charge in [-0.05, 0) is 44.2 Å². The molecule has 0 aromatic heterocycles. The van der Waals surface area contributed by atoms with Crippen molar-refractivity contribution in [3.8, 4) is 5.75 Å². The molecule has 0 saturated carbocycles. The van der Waals surface area contributed by atoms with Crippen LogP contribution in [0.2, 0.25) is 0 Å². The van der Waals surface area contributed by atoms with Crippen molar-refractivity contribution in [2.24, 2.45) is 0 Å². The van der Waals surface area contributed by atoms with Crippen LogP contribution >= 0.6 is 0 Å². The lowest BCUT2D eigenvalue weighted by atomic mass is 10.1. The summed E-state index contributed by atoms with van der Waals surface area (Å²) in [5.41, 5.74) is 1.82. The summed E-state index contributed by atoms with van der Waals surface area (Å²) >= 11 is 0. The van der Waals surface area contributed by atoms with E-state index in [1.165, 1.54) is 19.2 Å². The number of rotatable bonds is 8. The van der Waals surface area contributed by atoms with Gasteiger partial charge in [0.2, 0.25) is 15.9 Å². The van der Waals surface area contributed by atoms with Crippen LogP contribution in [0.1, 0.15) is 30.5 Å². The summed E-state index contributed by atoms with van der Waals surface area (Å²) in [5, 5.41) is 2.96. The van der Waals surface area contributed by atoms with Gasteiger partial charge in [-0.25, -0.2) is 13.1 Å². The first-order valence-corrected chi connectivity index (χ1v) is 9.80. The van der Waals surface area contributed by atoms with E-state index in [0.717, 1.165) is 16.9 Å². The van der Waals surface area contributed by atoms with Crippen LogP contribution in [0.3, 0.4) is 0 Å². The van der Waals surface area contributed by atoms with Crippen molar-refractivity contribution in [1.29, 1.82) is 0 Å². The van der Waals surface area contributed by atoms with Gasteiger partial charge in [0.05, 0.1) is 18.0 Å². The fourth-order valence-electron chi connectivity index (χ4n) is 2.63. The average molecular weight is 376 g/mol. The predicted octanol–water partition coefficient (Wildman–Crippen LogP) is 2.41. The quantitative estimate of drug-likeness (QED) is 0.741. The van der Waals surface area contributed by atoms with E-state index in [-0.39, 0.29) is 16.8 Å². The monoisotopic (exact) mass is 376 g/mol. The minimum Gasteiger partial charge on any atom is -0.496 e. The van der Waals surface area contributed by atoms with Crippen LogP contribution in [0.15, 0.2) is 53.4 Å². The molecule has 0 aliphatic rings. The highest BCUT2D eigenvalue weighted by atomic mass is 32.2. The molecular weight excluding hydrogens is 352 g/mol. The Morgan fingerprint density at radius 3 is 2.38 bits per heavy atom. The fraction of sp³-hybridized carbons (Fsp3) is 0.316. The van der Waals surface area contributed by atoms with Gasteiger partial charge in [-0.1, -0.05) is 30.3 Å². The molecule has 1 unspecified atom stereocenters. The first-order valence-electron chi connectivity index (χ1n) is 8.32. The first-order chi connectivity index (χ1) is 12.4. The van der Waals surface area contributed by atoms with Crippen LogP contribution in [0.5, 0.6) is 5.75 Å². The van der Waals surface area contributed by atoms with Crippen LogP contribution in [0, 0.1) is 0 Å². The maximum atomic E-state index is 12.2. The Kier molecular flexibility index (Phi) is 6.76. The predicted molar refractivity (Wildman–Crippen MR) is 101 cm³/mol. The molecule has 0 heterocycles. The van der Waals surface area contributed by atoms with Crippen molar-refractivity contribution in [3.63, 3.8) is 0 Å². The molecule has 1 atom stereocenters. The number of para-hydroxylation sites is 1. The Morgan fingerprint density at radius 1 is 1.12 bits per heavy atom. The highest BCUT2D eigenvalue weighted by molar-refractivity contribution is 7.89. The van der Waals surface area contributed by atoms with E-state index in [4.69, 9.17) is 4.74 Å². The van der Waals surface area contributed by atoms with Crippen molar-refractivity contribution in [2.45, 2.75) is 30.7 Å². The zero-order chi connectivity index (χ0) is 19.2. The molecule has 0 spiro atoms. The fourth-order valence-corrected chi connectivity index (χ4v) is 3.36. The minimum absolute atomic E-state index is 0.0738. The molecule has 26 heavy (non-hydrogen) atoms. The summed E-state index contributed by atoms with van der Waals surface area (Å²) in [6, 6.07) is 13.9. The highest BCUT2D eigenvalue weighted by Gasteiger charge is 2.14. The Balaban J connectivity index is 1.92. The molecule has 2 N–H and O–H groups in total. The number of sulfonamides is 1. The number of methoxy groups -OCH3 is 1. The molecule has 1 amide bonds. The summed E-state index contributed by atoms with van der Waals surface area (Å²) < 4.78 is 31.0. The topological polar surface area (TPSA) is 84.5 Å². The van der Waals surface area contributed by atoms with Gasteiger partial charge in [0.25, 0.3) is 0 Å². The minimum atomic E-state index is -3.44. The molecule has 2 aromatic carbocycles. The third-order valence-corrected chi connectivity index (χ3v) is 5.56. The lowest BCUT2D eigenvalue weighted by molar-refractivity contribution is -0.121.